The predicted molar refractivity (Wildman–Crippen MR) is 60.2 cm³/mol. The van der Waals surface area contributed by atoms with Gasteiger partial charge in [0.25, 0.3) is 0 Å². The summed E-state index contributed by atoms with van der Waals surface area (Å²) in [5.41, 5.74) is 0. The van der Waals surface area contributed by atoms with Gasteiger partial charge in [0.15, 0.2) is 5.75 Å². The first-order valence-electron chi connectivity index (χ1n) is 4.30. The third-order valence-electron chi connectivity index (χ3n) is 1.89. The van der Waals surface area contributed by atoms with Gasteiger partial charge >= 0.3 is 0 Å². The van der Waals surface area contributed by atoms with Crippen LogP contribution >= 0.6 is 22.6 Å². The molecule has 1 aromatic rings. The molecule has 0 saturated heterocycles. The van der Waals surface area contributed by atoms with Crippen molar-refractivity contribution in [2.24, 2.45) is 0 Å². The molecule has 0 atom stereocenters. The fourth-order valence-corrected chi connectivity index (χ4v) is 1.58. The largest absolute Gasteiger partial charge is 0.488 e. The van der Waals surface area contributed by atoms with Crippen LogP contribution in [0.3, 0.4) is 0 Å². The number of hydrogen-bond acceptors (Lipinski definition) is 3. The number of anilines is 1. The summed E-state index contributed by atoms with van der Waals surface area (Å²) in [7, 11) is 1.86. The monoisotopic (exact) mass is 290 g/mol. The molecular formula is C9H11IN2O. The normalized spacial score (nSPS) is 15.5. The van der Waals surface area contributed by atoms with Gasteiger partial charge in [-0.3, -0.25) is 0 Å². The molecule has 1 aromatic heterocycles. The first-order valence-corrected chi connectivity index (χ1v) is 5.38. The Labute approximate surface area is 91.0 Å². The minimum atomic E-state index is 0.441. The van der Waals surface area contributed by atoms with Gasteiger partial charge in [0.2, 0.25) is 0 Å². The molecule has 1 saturated carbocycles. The molecule has 0 radical (unpaired) electrons. The van der Waals surface area contributed by atoms with E-state index in [2.05, 4.69) is 32.9 Å². The summed E-state index contributed by atoms with van der Waals surface area (Å²) in [6.07, 6.45) is 2.81. The smallest absolute Gasteiger partial charge is 0.151 e. The second kappa shape index (κ2) is 3.69. The van der Waals surface area contributed by atoms with Crippen LogP contribution in [0.25, 0.3) is 0 Å². The standard InChI is InChI=1S/C9H11IN2O/c1-11-8-5-4-7(9(10)12-8)13-6-2-3-6/h4-6H,2-3H2,1H3,(H,11,12). The average Bonchev–Trinajstić information content (AvgIpc) is 2.92. The van der Waals surface area contributed by atoms with Crippen LogP contribution in [0.5, 0.6) is 5.75 Å². The minimum Gasteiger partial charge on any atom is -0.488 e. The summed E-state index contributed by atoms with van der Waals surface area (Å²) in [5, 5.41) is 2.99. The van der Waals surface area contributed by atoms with E-state index in [1.807, 2.05) is 19.2 Å². The lowest BCUT2D eigenvalue weighted by Crippen LogP contribution is -2.01. The molecule has 70 valence electrons. The number of ether oxygens (including phenoxy) is 1. The van der Waals surface area contributed by atoms with Crippen LogP contribution in [0, 0.1) is 3.70 Å². The zero-order chi connectivity index (χ0) is 9.26. The summed E-state index contributed by atoms with van der Waals surface area (Å²) in [5.74, 6) is 1.79. The van der Waals surface area contributed by atoms with Gasteiger partial charge in [0.05, 0.1) is 6.10 Å². The Bertz CT molecular complexity index is 312. The maximum absolute atomic E-state index is 5.66. The van der Waals surface area contributed by atoms with Crippen LogP contribution in [0.1, 0.15) is 12.8 Å². The van der Waals surface area contributed by atoms with E-state index in [4.69, 9.17) is 4.74 Å². The number of halogens is 1. The van der Waals surface area contributed by atoms with Crippen molar-refractivity contribution in [1.82, 2.24) is 4.98 Å². The number of nitrogens with zero attached hydrogens (tertiary/aromatic N) is 1. The molecule has 0 spiro atoms. The van der Waals surface area contributed by atoms with Gasteiger partial charge in [-0.1, -0.05) is 0 Å². The second-order valence-corrected chi connectivity index (χ2v) is 4.07. The Morgan fingerprint density at radius 2 is 2.31 bits per heavy atom. The summed E-state index contributed by atoms with van der Waals surface area (Å²) in [6, 6.07) is 3.90. The van der Waals surface area contributed by atoms with Crippen LogP contribution in [-0.4, -0.2) is 18.1 Å². The lowest BCUT2D eigenvalue weighted by molar-refractivity contribution is 0.299. The van der Waals surface area contributed by atoms with Gasteiger partial charge in [0, 0.05) is 7.05 Å². The Balaban J connectivity index is 2.15. The van der Waals surface area contributed by atoms with Crippen molar-refractivity contribution in [3.63, 3.8) is 0 Å². The quantitative estimate of drug-likeness (QED) is 0.685. The van der Waals surface area contributed by atoms with Crippen molar-refractivity contribution in [2.75, 3.05) is 12.4 Å². The molecule has 1 heterocycles. The number of hydrogen-bond donors (Lipinski definition) is 1. The molecule has 1 fully saturated rings. The number of nitrogens with one attached hydrogen (secondary N) is 1. The highest BCUT2D eigenvalue weighted by atomic mass is 127. The molecule has 0 aromatic carbocycles. The van der Waals surface area contributed by atoms with E-state index in [1.54, 1.807) is 0 Å². The van der Waals surface area contributed by atoms with E-state index >= 15 is 0 Å². The van der Waals surface area contributed by atoms with Gasteiger partial charge in [-0.2, -0.15) is 0 Å². The SMILES string of the molecule is CNc1ccc(OC2CC2)c(I)n1. The maximum atomic E-state index is 5.66. The van der Waals surface area contributed by atoms with Gasteiger partial charge in [0.1, 0.15) is 9.52 Å². The molecule has 0 aliphatic heterocycles. The maximum Gasteiger partial charge on any atom is 0.151 e. The van der Waals surface area contributed by atoms with Crippen molar-refractivity contribution in [2.45, 2.75) is 18.9 Å². The summed E-state index contributed by atoms with van der Waals surface area (Å²) in [6.45, 7) is 0. The average molecular weight is 290 g/mol. The molecular weight excluding hydrogens is 279 g/mol. The van der Waals surface area contributed by atoms with Gasteiger partial charge < -0.3 is 10.1 Å². The van der Waals surface area contributed by atoms with Gasteiger partial charge in [-0.25, -0.2) is 4.98 Å². The predicted octanol–water partition coefficient (Wildman–Crippen LogP) is 2.27. The first kappa shape index (κ1) is 9.05. The van der Waals surface area contributed by atoms with Crippen LogP contribution in [-0.2, 0) is 0 Å². The molecule has 2 rings (SSSR count). The van der Waals surface area contributed by atoms with Crippen LogP contribution in [0.15, 0.2) is 12.1 Å². The van der Waals surface area contributed by atoms with Crippen molar-refractivity contribution in [1.29, 1.82) is 0 Å². The van der Waals surface area contributed by atoms with Crippen LogP contribution in [0.4, 0.5) is 5.82 Å². The van der Waals surface area contributed by atoms with Crippen molar-refractivity contribution in [3.05, 3.63) is 15.8 Å². The summed E-state index contributed by atoms with van der Waals surface area (Å²) in [4.78, 5) is 4.32. The first-order chi connectivity index (χ1) is 6.29. The van der Waals surface area contributed by atoms with Crippen LogP contribution < -0.4 is 10.1 Å². The van der Waals surface area contributed by atoms with E-state index in [0.717, 1.165) is 15.3 Å². The zero-order valence-corrected chi connectivity index (χ0v) is 9.54. The molecule has 3 nitrogen and oxygen atoms in total. The molecule has 1 aliphatic carbocycles. The lowest BCUT2D eigenvalue weighted by Gasteiger charge is -2.07. The van der Waals surface area contributed by atoms with Crippen molar-refractivity contribution >= 4 is 28.4 Å². The van der Waals surface area contributed by atoms with E-state index in [1.165, 1.54) is 12.8 Å². The highest BCUT2D eigenvalue weighted by molar-refractivity contribution is 14.1. The summed E-state index contributed by atoms with van der Waals surface area (Å²) >= 11 is 2.19. The lowest BCUT2D eigenvalue weighted by atomic mass is 10.4. The Kier molecular flexibility index (Phi) is 2.57. The van der Waals surface area contributed by atoms with E-state index < -0.39 is 0 Å². The molecule has 1 aliphatic rings. The highest BCUT2D eigenvalue weighted by Gasteiger charge is 2.24. The Morgan fingerprint density at radius 1 is 1.54 bits per heavy atom. The fraction of sp³-hybridized carbons (Fsp3) is 0.444. The highest BCUT2D eigenvalue weighted by Crippen LogP contribution is 2.29. The molecule has 13 heavy (non-hydrogen) atoms. The van der Waals surface area contributed by atoms with Crippen molar-refractivity contribution in [3.8, 4) is 5.75 Å². The number of pyridine rings is 1. The molecule has 1 N–H and O–H groups in total. The number of aromatic nitrogens is 1. The summed E-state index contributed by atoms with van der Waals surface area (Å²) < 4.78 is 6.58. The third kappa shape index (κ3) is 2.24. The van der Waals surface area contributed by atoms with E-state index in [9.17, 15) is 0 Å². The molecule has 4 heteroatoms. The molecule has 0 unspecified atom stereocenters. The Hall–Kier alpha value is -0.520. The molecule has 0 bridgehead atoms. The van der Waals surface area contributed by atoms with Crippen LogP contribution in [0.2, 0.25) is 0 Å². The Morgan fingerprint density at radius 3 is 2.85 bits per heavy atom. The topological polar surface area (TPSA) is 34.1 Å². The van der Waals surface area contributed by atoms with Gasteiger partial charge in [-0.05, 0) is 47.6 Å². The zero-order valence-electron chi connectivity index (χ0n) is 7.38. The fourth-order valence-electron chi connectivity index (χ4n) is 1.01. The molecule has 0 amide bonds. The van der Waals surface area contributed by atoms with E-state index in [0.29, 0.717) is 6.10 Å². The van der Waals surface area contributed by atoms with Crippen molar-refractivity contribution < 1.29 is 4.74 Å². The second-order valence-electron chi connectivity index (χ2n) is 3.05. The third-order valence-corrected chi connectivity index (χ3v) is 2.66. The van der Waals surface area contributed by atoms with Gasteiger partial charge in [-0.15, -0.1) is 0 Å². The van der Waals surface area contributed by atoms with E-state index in [-0.39, 0.29) is 0 Å². The number of rotatable bonds is 3. The minimum absolute atomic E-state index is 0.441.